The number of ketones is 1. The average molecular weight is 795 g/mol. The molecular formula is C47H74N2O8. The molecule has 320 valence electrons. The number of amides is 1. The predicted molar refractivity (Wildman–Crippen MR) is 219 cm³/mol. The summed E-state index contributed by atoms with van der Waals surface area (Å²) >= 11 is 0. The van der Waals surface area contributed by atoms with Crippen molar-refractivity contribution in [2.75, 3.05) is 26.2 Å². The minimum Gasteiger partial charge on any atom is -0.481 e. The molecule has 5 fully saturated rings. The van der Waals surface area contributed by atoms with Gasteiger partial charge in [0.15, 0.2) is 5.78 Å². The summed E-state index contributed by atoms with van der Waals surface area (Å²) in [5.74, 6) is 0.0963. The lowest BCUT2D eigenvalue weighted by Gasteiger charge is -2.72. The smallest absolute Gasteiger partial charge is 0.309 e. The maximum atomic E-state index is 14.4. The molecule has 10 nitrogen and oxygen atoms in total. The number of aliphatic carboxylic acids is 1. The summed E-state index contributed by atoms with van der Waals surface area (Å²) in [6.07, 6.45) is 9.50. The maximum absolute atomic E-state index is 14.4. The highest BCUT2D eigenvalue weighted by atomic mass is 16.5. The number of nitrogens with one attached hydrogen (secondary N) is 1. The summed E-state index contributed by atoms with van der Waals surface area (Å²) in [4.78, 5) is 66.6. The number of carbonyl (C=O) groups excluding carboxylic acids is 4. The van der Waals surface area contributed by atoms with Gasteiger partial charge in [-0.1, -0.05) is 48.5 Å². The molecule has 0 aromatic heterocycles. The molecule has 0 aliphatic heterocycles. The van der Waals surface area contributed by atoms with E-state index < -0.39 is 28.9 Å². The molecule has 0 aromatic rings. The molecule has 6 aliphatic carbocycles. The van der Waals surface area contributed by atoms with Crippen molar-refractivity contribution >= 4 is 29.6 Å². The molecule has 0 saturated heterocycles. The van der Waals surface area contributed by atoms with Crippen LogP contribution >= 0.6 is 0 Å². The van der Waals surface area contributed by atoms with E-state index in [2.05, 4.69) is 58.7 Å². The van der Waals surface area contributed by atoms with Crippen LogP contribution in [0.25, 0.3) is 0 Å². The number of carbonyl (C=O) groups is 5. The summed E-state index contributed by atoms with van der Waals surface area (Å²) in [6.45, 7) is 25.3. The number of esters is 2. The molecule has 0 spiro atoms. The zero-order chi connectivity index (χ0) is 42.1. The highest BCUT2D eigenvalue weighted by Gasteiger charge is 2.71. The van der Waals surface area contributed by atoms with Crippen LogP contribution in [0.5, 0.6) is 0 Å². The lowest BCUT2D eigenvalue weighted by atomic mass is 9.33. The number of Topliss-reactive ketones (excluding diaryl/α,β-unsaturated/α-hetero) is 1. The monoisotopic (exact) mass is 795 g/mol. The Morgan fingerprint density at radius 2 is 1.58 bits per heavy atom. The van der Waals surface area contributed by atoms with E-state index in [1.165, 1.54) is 32.3 Å². The summed E-state index contributed by atoms with van der Waals surface area (Å²) in [7, 11) is 0. The Kier molecular flexibility index (Phi) is 11.8. The molecule has 0 heterocycles. The summed E-state index contributed by atoms with van der Waals surface area (Å²) in [5, 5.41) is 12.6. The Labute approximate surface area is 342 Å². The van der Waals surface area contributed by atoms with Crippen LogP contribution in [-0.4, -0.2) is 78.0 Å². The first-order valence-corrected chi connectivity index (χ1v) is 22.3. The van der Waals surface area contributed by atoms with Crippen LogP contribution < -0.4 is 5.32 Å². The lowest BCUT2D eigenvalue weighted by molar-refractivity contribution is -0.235. The Bertz CT molecular complexity index is 1660. The summed E-state index contributed by atoms with van der Waals surface area (Å²) < 4.78 is 12.6. The number of hydrogen-bond acceptors (Lipinski definition) is 8. The highest BCUT2D eigenvalue weighted by Crippen LogP contribution is 2.77. The fourth-order valence-electron chi connectivity index (χ4n) is 14.0. The van der Waals surface area contributed by atoms with E-state index in [0.29, 0.717) is 43.8 Å². The quantitative estimate of drug-likeness (QED) is 0.167. The Balaban J connectivity index is 1.31. The zero-order valence-electron chi connectivity index (χ0n) is 37.1. The molecule has 2 N–H and O–H groups in total. The van der Waals surface area contributed by atoms with Gasteiger partial charge in [-0.2, -0.15) is 0 Å². The first-order valence-electron chi connectivity index (χ1n) is 22.3. The van der Waals surface area contributed by atoms with Crippen molar-refractivity contribution in [3.8, 4) is 0 Å². The largest absolute Gasteiger partial charge is 0.481 e. The van der Waals surface area contributed by atoms with Gasteiger partial charge in [-0.05, 0) is 135 Å². The second kappa shape index (κ2) is 15.4. The van der Waals surface area contributed by atoms with E-state index >= 15 is 0 Å². The van der Waals surface area contributed by atoms with Gasteiger partial charge in [-0.25, -0.2) is 0 Å². The SMILES string of the molecule is CC(=O)NCCN(CC1CC1)CC(OC(C)=O)C12CCC3(C)C(CCC4C5(C)CCC(OC(=O)CC(C)(C)C(=O)O)C(C)(C)C5CCC43C)C1=C(C(C)C)C(=O)C2. The third kappa shape index (κ3) is 7.65. The van der Waals surface area contributed by atoms with E-state index in [1.807, 2.05) is 0 Å². The van der Waals surface area contributed by atoms with E-state index in [0.717, 1.165) is 63.5 Å². The molecular weight excluding hydrogens is 721 g/mol. The fourth-order valence-corrected chi connectivity index (χ4v) is 14.0. The first-order chi connectivity index (χ1) is 26.4. The molecule has 57 heavy (non-hydrogen) atoms. The van der Waals surface area contributed by atoms with Crippen molar-refractivity contribution in [2.45, 2.75) is 165 Å². The normalized spacial score (nSPS) is 36.5. The minimum atomic E-state index is -1.18. The van der Waals surface area contributed by atoms with E-state index in [4.69, 9.17) is 9.47 Å². The van der Waals surface area contributed by atoms with Crippen molar-refractivity contribution in [3.05, 3.63) is 11.1 Å². The van der Waals surface area contributed by atoms with Gasteiger partial charge in [0.05, 0.1) is 11.8 Å². The van der Waals surface area contributed by atoms with Gasteiger partial charge in [0.1, 0.15) is 12.2 Å². The van der Waals surface area contributed by atoms with Crippen molar-refractivity contribution in [1.82, 2.24) is 10.2 Å². The van der Waals surface area contributed by atoms with Crippen LogP contribution in [0, 0.1) is 62.1 Å². The Morgan fingerprint density at radius 3 is 2.18 bits per heavy atom. The van der Waals surface area contributed by atoms with Gasteiger partial charge in [0.25, 0.3) is 0 Å². The molecule has 9 unspecified atom stereocenters. The van der Waals surface area contributed by atoms with Gasteiger partial charge in [-0.3, -0.25) is 28.9 Å². The van der Waals surface area contributed by atoms with Crippen molar-refractivity contribution < 1.29 is 38.6 Å². The van der Waals surface area contributed by atoms with E-state index in [1.54, 1.807) is 13.8 Å². The van der Waals surface area contributed by atoms with Gasteiger partial charge in [0, 0.05) is 57.3 Å². The van der Waals surface area contributed by atoms with Gasteiger partial charge in [-0.15, -0.1) is 0 Å². The number of fused-ring (bicyclic) bond motifs is 7. The van der Waals surface area contributed by atoms with Gasteiger partial charge < -0.3 is 19.9 Å². The van der Waals surface area contributed by atoms with Crippen molar-refractivity contribution in [3.63, 3.8) is 0 Å². The summed E-state index contributed by atoms with van der Waals surface area (Å²) in [5.41, 5.74) is 0.238. The Morgan fingerprint density at radius 1 is 0.895 bits per heavy atom. The van der Waals surface area contributed by atoms with Gasteiger partial charge in [0.2, 0.25) is 5.91 Å². The molecule has 9 atom stereocenters. The number of carboxylic acid groups (broad SMARTS) is 1. The second-order valence-corrected chi connectivity index (χ2v) is 21.8. The van der Waals surface area contributed by atoms with Crippen LogP contribution in [0.3, 0.4) is 0 Å². The van der Waals surface area contributed by atoms with Crippen molar-refractivity contribution in [2.24, 2.45) is 62.1 Å². The van der Waals surface area contributed by atoms with Gasteiger partial charge >= 0.3 is 17.9 Å². The maximum Gasteiger partial charge on any atom is 0.309 e. The topological polar surface area (TPSA) is 139 Å². The number of rotatable bonds is 14. The number of nitrogens with zero attached hydrogens (tertiary/aromatic N) is 1. The second-order valence-electron chi connectivity index (χ2n) is 21.8. The van der Waals surface area contributed by atoms with Crippen LogP contribution in [0.4, 0.5) is 0 Å². The number of ether oxygens (including phenoxy) is 2. The lowest BCUT2D eigenvalue weighted by Crippen LogP contribution is -2.66. The third-order valence-electron chi connectivity index (χ3n) is 17.2. The zero-order valence-corrected chi connectivity index (χ0v) is 37.1. The van der Waals surface area contributed by atoms with Crippen LogP contribution in [0.1, 0.15) is 153 Å². The first kappa shape index (κ1) is 43.8. The molecule has 6 aliphatic rings. The minimum absolute atomic E-state index is 0.00640. The standard InChI is InChI=1S/C47H74N2O8/c1-28(2)39-33(52)24-47(37(56-30(4)51)27-49(26-31-12-13-31)23-22-48-29(3)50)21-20-45(10)32(40(39)47)14-15-35-44(9)18-17-36(57-38(53)25-42(5,6)41(54)55)43(7,8)34(44)16-19-46(35,45)11/h28,31-32,34-37H,12-27H2,1-11H3,(H,48,50)(H,54,55). The molecule has 1 amide bonds. The van der Waals surface area contributed by atoms with E-state index in [-0.39, 0.29) is 63.7 Å². The number of hydrogen-bond donors (Lipinski definition) is 2. The molecule has 6 rings (SSSR count). The van der Waals surface area contributed by atoms with Crippen LogP contribution in [-0.2, 0) is 33.4 Å². The van der Waals surface area contributed by atoms with E-state index in [9.17, 15) is 29.1 Å². The third-order valence-corrected chi connectivity index (χ3v) is 17.2. The predicted octanol–water partition coefficient (Wildman–Crippen LogP) is 8.16. The average Bonchev–Trinajstić information content (AvgIpc) is 3.84. The molecule has 5 saturated carbocycles. The Hall–Kier alpha value is -2.75. The summed E-state index contributed by atoms with van der Waals surface area (Å²) in [6, 6.07) is 0. The molecule has 10 heteroatoms. The van der Waals surface area contributed by atoms with Crippen LogP contribution in [0.2, 0.25) is 0 Å². The fraction of sp³-hybridized carbons (Fsp3) is 0.851. The van der Waals surface area contributed by atoms with Crippen LogP contribution in [0.15, 0.2) is 11.1 Å². The van der Waals surface area contributed by atoms with Crippen molar-refractivity contribution in [1.29, 1.82) is 0 Å². The number of allylic oxidation sites excluding steroid dienone is 1. The highest BCUT2D eigenvalue weighted by molar-refractivity contribution is 6.01. The molecule has 0 radical (unpaired) electrons. The molecule has 0 bridgehead atoms. The molecule has 0 aromatic carbocycles. The number of carboxylic acids is 1.